The van der Waals surface area contributed by atoms with Gasteiger partial charge in [-0.05, 0) is 74.3 Å². The molecular weight excluding hydrogens is 284 g/mol. The van der Waals surface area contributed by atoms with Crippen LogP contribution in [0.3, 0.4) is 0 Å². The van der Waals surface area contributed by atoms with Gasteiger partial charge in [0.25, 0.3) is 0 Å². The van der Waals surface area contributed by atoms with E-state index in [0.29, 0.717) is 11.8 Å². The molecule has 0 aliphatic heterocycles. The molecule has 0 aromatic heterocycles. The Morgan fingerprint density at radius 1 is 1.35 bits per heavy atom. The van der Waals surface area contributed by atoms with E-state index in [2.05, 4.69) is 39.5 Å². The lowest BCUT2D eigenvalue weighted by atomic mass is 9.47. The van der Waals surface area contributed by atoms with E-state index >= 15 is 0 Å². The third-order valence-corrected chi connectivity index (χ3v) is 7.01. The zero-order valence-corrected chi connectivity index (χ0v) is 15.1. The molecule has 3 aliphatic rings. The van der Waals surface area contributed by atoms with E-state index in [1.807, 2.05) is 0 Å². The van der Waals surface area contributed by atoms with Crippen LogP contribution < -0.4 is 0 Å². The summed E-state index contributed by atoms with van der Waals surface area (Å²) in [5, 5.41) is 0. The molecule has 126 valence electrons. The first-order valence-corrected chi connectivity index (χ1v) is 8.98. The van der Waals surface area contributed by atoms with E-state index in [1.54, 1.807) is 0 Å². The van der Waals surface area contributed by atoms with Gasteiger partial charge in [0.1, 0.15) is 0 Å². The van der Waals surface area contributed by atoms with Crippen LogP contribution in [0.1, 0.15) is 59.3 Å². The van der Waals surface area contributed by atoms with Gasteiger partial charge in [-0.2, -0.15) is 0 Å². The Morgan fingerprint density at radius 2 is 2.09 bits per heavy atom. The van der Waals surface area contributed by atoms with Crippen molar-refractivity contribution < 1.29 is 9.53 Å². The highest BCUT2D eigenvalue weighted by molar-refractivity contribution is 5.77. The van der Waals surface area contributed by atoms with Crippen molar-refractivity contribution in [2.24, 2.45) is 22.7 Å². The highest BCUT2D eigenvalue weighted by atomic mass is 16.5. The number of rotatable bonds is 2. The van der Waals surface area contributed by atoms with Crippen LogP contribution in [0.5, 0.6) is 0 Å². The first kappa shape index (κ1) is 16.5. The summed E-state index contributed by atoms with van der Waals surface area (Å²) >= 11 is 0. The largest absolute Gasteiger partial charge is 0.469 e. The number of carbonyl (C=O) groups is 1. The molecule has 4 atom stereocenters. The molecule has 0 unspecified atom stereocenters. The molecule has 0 amide bonds. The second-order valence-electron chi connectivity index (χ2n) is 8.30. The lowest BCUT2D eigenvalue weighted by Crippen LogP contribution is -2.53. The number of esters is 1. The predicted octanol–water partition coefficient (Wildman–Crippen LogP) is 5.21. The molecule has 0 saturated heterocycles. The standard InChI is InChI=1S/C21H30O2/c1-14(2)15-7-9-17-16(13-15)8-10-18-20(17,3)11-6-12-21(18,4)19(22)23-5/h8,13,17-18H,1,6-7,9-12H2,2-5H3/t17-,18+,20+,21+/m0/s1. The predicted molar refractivity (Wildman–Crippen MR) is 93.9 cm³/mol. The fraction of sp³-hybridized carbons (Fsp3) is 0.667. The molecule has 3 aliphatic carbocycles. The summed E-state index contributed by atoms with van der Waals surface area (Å²) in [6, 6.07) is 0. The van der Waals surface area contributed by atoms with Crippen molar-refractivity contribution >= 4 is 5.97 Å². The van der Waals surface area contributed by atoms with Gasteiger partial charge in [0.15, 0.2) is 0 Å². The van der Waals surface area contributed by atoms with Crippen molar-refractivity contribution in [3.8, 4) is 0 Å². The highest BCUT2D eigenvalue weighted by Crippen LogP contribution is 2.62. The maximum absolute atomic E-state index is 12.5. The van der Waals surface area contributed by atoms with E-state index in [9.17, 15) is 4.79 Å². The van der Waals surface area contributed by atoms with Crippen LogP contribution >= 0.6 is 0 Å². The minimum Gasteiger partial charge on any atom is -0.469 e. The van der Waals surface area contributed by atoms with Gasteiger partial charge >= 0.3 is 5.97 Å². The summed E-state index contributed by atoms with van der Waals surface area (Å²) in [7, 11) is 1.53. The van der Waals surface area contributed by atoms with Crippen LogP contribution in [0.15, 0.2) is 35.5 Å². The van der Waals surface area contributed by atoms with Gasteiger partial charge in [0.2, 0.25) is 0 Å². The summed E-state index contributed by atoms with van der Waals surface area (Å²) in [6.07, 6.45) is 11.4. The maximum atomic E-state index is 12.5. The van der Waals surface area contributed by atoms with Crippen LogP contribution in [0.4, 0.5) is 0 Å². The molecular formula is C21H30O2. The number of hydrogen-bond donors (Lipinski definition) is 0. The summed E-state index contributed by atoms with van der Waals surface area (Å²) in [4.78, 5) is 12.5. The van der Waals surface area contributed by atoms with E-state index in [1.165, 1.54) is 36.7 Å². The molecule has 3 rings (SSSR count). The summed E-state index contributed by atoms with van der Waals surface area (Å²) in [5.74, 6) is 0.956. The van der Waals surface area contributed by atoms with Crippen LogP contribution in [0, 0.1) is 22.7 Å². The Morgan fingerprint density at radius 3 is 2.74 bits per heavy atom. The van der Waals surface area contributed by atoms with E-state index in [-0.39, 0.29) is 16.8 Å². The fourth-order valence-corrected chi connectivity index (χ4v) is 5.68. The molecule has 0 N–H and O–H groups in total. The van der Waals surface area contributed by atoms with Crippen LogP contribution in [-0.4, -0.2) is 13.1 Å². The fourth-order valence-electron chi connectivity index (χ4n) is 5.68. The van der Waals surface area contributed by atoms with E-state index < -0.39 is 0 Å². The number of methoxy groups -OCH3 is 1. The molecule has 23 heavy (non-hydrogen) atoms. The van der Waals surface area contributed by atoms with Crippen molar-refractivity contribution in [1.29, 1.82) is 0 Å². The second kappa shape index (κ2) is 5.65. The number of hydrogen-bond acceptors (Lipinski definition) is 2. The Labute approximate surface area is 140 Å². The lowest BCUT2D eigenvalue weighted by molar-refractivity contribution is -0.166. The minimum absolute atomic E-state index is 0.0146. The van der Waals surface area contributed by atoms with Gasteiger partial charge in [-0.3, -0.25) is 4.79 Å². The quantitative estimate of drug-likeness (QED) is 0.654. The van der Waals surface area contributed by atoms with Gasteiger partial charge in [0.05, 0.1) is 12.5 Å². The normalized spacial score (nSPS) is 39.5. The summed E-state index contributed by atoms with van der Waals surface area (Å²) in [5.41, 5.74) is 3.97. The minimum atomic E-state index is -0.331. The third kappa shape index (κ3) is 2.42. The van der Waals surface area contributed by atoms with Crippen molar-refractivity contribution in [1.82, 2.24) is 0 Å². The molecule has 0 aromatic carbocycles. The molecule has 0 bridgehead atoms. The topological polar surface area (TPSA) is 26.3 Å². The second-order valence-corrected chi connectivity index (χ2v) is 8.30. The molecule has 2 heteroatoms. The smallest absolute Gasteiger partial charge is 0.311 e. The zero-order valence-electron chi connectivity index (χ0n) is 15.1. The van der Waals surface area contributed by atoms with Crippen LogP contribution in [0.2, 0.25) is 0 Å². The van der Waals surface area contributed by atoms with Crippen molar-refractivity contribution in [3.05, 3.63) is 35.5 Å². The van der Waals surface area contributed by atoms with E-state index in [0.717, 1.165) is 25.7 Å². The van der Waals surface area contributed by atoms with Gasteiger partial charge in [-0.25, -0.2) is 0 Å². The molecule has 0 heterocycles. The van der Waals surface area contributed by atoms with Gasteiger partial charge in [-0.15, -0.1) is 0 Å². The van der Waals surface area contributed by atoms with Crippen LogP contribution in [0.25, 0.3) is 0 Å². The molecule has 1 fully saturated rings. The Kier molecular flexibility index (Phi) is 4.06. The number of ether oxygens (including phenoxy) is 1. The highest BCUT2D eigenvalue weighted by Gasteiger charge is 2.57. The number of fused-ring (bicyclic) bond motifs is 3. The summed E-state index contributed by atoms with van der Waals surface area (Å²) in [6.45, 7) is 10.8. The molecule has 0 aromatic rings. The van der Waals surface area contributed by atoms with Crippen LogP contribution in [-0.2, 0) is 9.53 Å². The van der Waals surface area contributed by atoms with Crippen molar-refractivity contribution in [2.75, 3.05) is 7.11 Å². The SMILES string of the molecule is C=C(C)C1=CC2=CC[C@@H]3[C@](C)(CCC[C@@]3(C)C(=O)OC)[C@H]2CC1. The zero-order chi connectivity index (χ0) is 16.8. The molecule has 0 spiro atoms. The number of allylic oxidation sites excluding steroid dienone is 5. The molecule has 1 saturated carbocycles. The average molecular weight is 314 g/mol. The molecule has 0 radical (unpaired) electrons. The average Bonchev–Trinajstić information content (AvgIpc) is 2.53. The third-order valence-electron chi connectivity index (χ3n) is 7.01. The van der Waals surface area contributed by atoms with Gasteiger partial charge < -0.3 is 4.74 Å². The summed E-state index contributed by atoms with van der Waals surface area (Å²) < 4.78 is 5.19. The van der Waals surface area contributed by atoms with Gasteiger partial charge in [-0.1, -0.05) is 37.6 Å². The number of carbonyl (C=O) groups excluding carboxylic acids is 1. The lowest BCUT2D eigenvalue weighted by Gasteiger charge is -2.57. The van der Waals surface area contributed by atoms with E-state index in [4.69, 9.17) is 4.74 Å². The van der Waals surface area contributed by atoms with Gasteiger partial charge in [0, 0.05) is 0 Å². The first-order valence-electron chi connectivity index (χ1n) is 8.98. The molecule has 2 nitrogen and oxygen atoms in total. The monoisotopic (exact) mass is 314 g/mol. The Bertz CT molecular complexity index is 597. The first-order chi connectivity index (χ1) is 10.8. The maximum Gasteiger partial charge on any atom is 0.311 e. The Balaban J connectivity index is 2.00. The van der Waals surface area contributed by atoms with Crippen molar-refractivity contribution in [3.63, 3.8) is 0 Å². The Hall–Kier alpha value is -1.31. The van der Waals surface area contributed by atoms with Crippen molar-refractivity contribution in [2.45, 2.75) is 59.3 Å².